The van der Waals surface area contributed by atoms with Crippen molar-refractivity contribution in [2.75, 3.05) is 78.6 Å². The van der Waals surface area contributed by atoms with Crippen molar-refractivity contribution in [3.05, 3.63) is 12.4 Å². The molecule has 2 rings (SSSR count). The van der Waals surface area contributed by atoms with Gasteiger partial charge in [-0.2, -0.15) is 11.8 Å². The Morgan fingerprint density at radius 2 is 1.27 bits per heavy atom. The minimum atomic E-state index is -0.0339. The molecule has 0 aromatic carbocycles. The summed E-state index contributed by atoms with van der Waals surface area (Å²) >= 11 is 2.02. The third kappa shape index (κ3) is 19.8. The lowest BCUT2D eigenvalue weighted by Crippen LogP contribution is -2.38. The highest BCUT2D eigenvalue weighted by Crippen LogP contribution is 2.34. The number of carbonyl (C=O) groups excluding carboxylic acids is 3. The van der Waals surface area contributed by atoms with E-state index in [0.29, 0.717) is 102 Å². The Labute approximate surface area is 294 Å². The van der Waals surface area contributed by atoms with Gasteiger partial charge in [0, 0.05) is 68.7 Å². The number of hydrogen-bond donors (Lipinski definition) is 5. The first-order chi connectivity index (χ1) is 23.1. The van der Waals surface area contributed by atoms with Gasteiger partial charge in [-0.3, -0.25) is 14.4 Å². The lowest BCUT2D eigenvalue weighted by atomic mass is 10.0. The molecular weight excluding hydrogens is 632 g/mol. The Morgan fingerprint density at radius 1 is 0.750 bits per heavy atom. The largest absolute Gasteiger partial charge is 0.379 e. The van der Waals surface area contributed by atoms with Crippen LogP contribution in [0.15, 0.2) is 12.4 Å². The minimum Gasteiger partial charge on any atom is -0.379 e. The monoisotopic (exact) mass is 698 g/mol. The number of thioether (sulfide) groups is 1. The van der Waals surface area contributed by atoms with Crippen LogP contribution in [0.2, 0.25) is 0 Å². The quantitative estimate of drug-likeness (QED) is 0.0775. The number of amides is 3. The molecule has 0 bridgehead atoms. The third-order valence-corrected chi connectivity index (χ3v) is 10.2. The number of unbranched alkanes of at least 4 members (excludes halogenated alkanes) is 2. The van der Waals surface area contributed by atoms with E-state index in [1.165, 1.54) is 0 Å². The van der Waals surface area contributed by atoms with Gasteiger partial charge in [0.2, 0.25) is 17.7 Å². The highest BCUT2D eigenvalue weighted by atomic mass is 32.2. The van der Waals surface area contributed by atoms with Crippen LogP contribution in [0.1, 0.15) is 91.4 Å². The van der Waals surface area contributed by atoms with Gasteiger partial charge in [-0.25, -0.2) is 0 Å². The van der Waals surface area contributed by atoms with Crippen LogP contribution in [0.4, 0.5) is 0 Å². The second-order valence-electron chi connectivity index (χ2n) is 13.8. The molecule has 0 aliphatic carbocycles. The fourth-order valence-electron chi connectivity index (χ4n) is 5.44. The van der Waals surface area contributed by atoms with E-state index in [4.69, 9.17) is 14.2 Å². The highest BCUT2D eigenvalue weighted by Gasteiger charge is 2.40. The van der Waals surface area contributed by atoms with Crippen LogP contribution in [0.3, 0.4) is 0 Å². The SMILES string of the molecule is C=C1N[C@H]2[C@H](CS[C@H]2CCCCC(=O)NCCCOCCOCCOCCCNC(=O)CCCC(=O)NCCCCN(C)C(C)(C)C)N1. The molecule has 3 amide bonds. The van der Waals surface area contributed by atoms with Crippen LogP contribution in [0.5, 0.6) is 0 Å². The molecule has 0 saturated carbocycles. The molecule has 0 aromatic rings. The summed E-state index contributed by atoms with van der Waals surface area (Å²) in [7, 11) is 2.12. The van der Waals surface area contributed by atoms with Gasteiger partial charge in [-0.05, 0) is 79.3 Å². The third-order valence-electron chi connectivity index (χ3n) is 8.68. The molecule has 2 saturated heterocycles. The second-order valence-corrected chi connectivity index (χ2v) is 15.0. The van der Waals surface area contributed by atoms with Crippen molar-refractivity contribution in [2.24, 2.45) is 0 Å². The Hall–Kier alpha value is -2.06. The summed E-state index contributed by atoms with van der Waals surface area (Å²) in [6.07, 6.45) is 8.47. The maximum Gasteiger partial charge on any atom is 0.220 e. The van der Waals surface area contributed by atoms with Crippen molar-refractivity contribution in [1.29, 1.82) is 0 Å². The Morgan fingerprint density at radius 3 is 1.83 bits per heavy atom. The van der Waals surface area contributed by atoms with Gasteiger partial charge in [-0.15, -0.1) is 0 Å². The Kier molecular flexibility index (Phi) is 21.9. The van der Waals surface area contributed by atoms with Crippen LogP contribution in [0, 0.1) is 0 Å². The average molecular weight is 699 g/mol. The maximum atomic E-state index is 12.1. The average Bonchev–Trinajstić information content (AvgIpc) is 3.59. The predicted molar refractivity (Wildman–Crippen MR) is 194 cm³/mol. The second kappa shape index (κ2) is 25.0. The van der Waals surface area contributed by atoms with Crippen molar-refractivity contribution >= 4 is 29.5 Å². The number of nitrogens with zero attached hydrogens (tertiary/aromatic N) is 1. The lowest BCUT2D eigenvalue weighted by molar-refractivity contribution is -0.123. The van der Waals surface area contributed by atoms with E-state index in [1.807, 2.05) is 11.8 Å². The van der Waals surface area contributed by atoms with E-state index in [1.54, 1.807) is 0 Å². The topological polar surface area (TPSA) is 142 Å². The van der Waals surface area contributed by atoms with Crippen LogP contribution in [-0.2, 0) is 28.6 Å². The summed E-state index contributed by atoms with van der Waals surface area (Å²) in [5, 5.41) is 16.3. The zero-order valence-electron chi connectivity index (χ0n) is 30.3. The number of hydrogen-bond acceptors (Lipinski definition) is 10. The first-order valence-electron chi connectivity index (χ1n) is 18.1. The molecule has 0 radical (unpaired) electrons. The molecule has 2 heterocycles. The summed E-state index contributed by atoms with van der Waals surface area (Å²) in [6.45, 7) is 16.6. The normalized spacial score (nSPS) is 18.8. The zero-order chi connectivity index (χ0) is 35.0. The Balaban J connectivity index is 1.25. The number of rotatable bonds is 28. The van der Waals surface area contributed by atoms with Crippen LogP contribution in [0.25, 0.3) is 0 Å². The summed E-state index contributed by atoms with van der Waals surface area (Å²) in [6, 6.07) is 0.975. The van der Waals surface area contributed by atoms with Gasteiger partial charge in [0.1, 0.15) is 0 Å². The van der Waals surface area contributed by atoms with Gasteiger partial charge in [-0.1, -0.05) is 13.0 Å². The van der Waals surface area contributed by atoms with Gasteiger partial charge in [0.15, 0.2) is 0 Å². The molecule has 48 heavy (non-hydrogen) atoms. The first-order valence-corrected chi connectivity index (χ1v) is 19.2. The molecule has 2 fully saturated rings. The molecule has 13 heteroatoms. The van der Waals surface area contributed by atoms with Crippen molar-refractivity contribution in [3.63, 3.8) is 0 Å². The molecular formula is C35H66N6O6S. The fourth-order valence-corrected chi connectivity index (χ4v) is 6.98. The summed E-state index contributed by atoms with van der Waals surface area (Å²) in [5.74, 6) is 2.16. The maximum absolute atomic E-state index is 12.1. The number of carbonyl (C=O) groups is 3. The molecule has 12 nitrogen and oxygen atoms in total. The van der Waals surface area contributed by atoms with Crippen molar-refractivity contribution in [2.45, 2.75) is 114 Å². The molecule has 0 aromatic heterocycles. The zero-order valence-corrected chi connectivity index (χ0v) is 31.1. The summed E-state index contributed by atoms with van der Waals surface area (Å²) < 4.78 is 16.7. The number of fused-ring (bicyclic) bond motifs is 1. The van der Waals surface area contributed by atoms with Gasteiger partial charge >= 0.3 is 0 Å². The molecule has 0 unspecified atom stereocenters. The van der Waals surface area contributed by atoms with Gasteiger partial charge in [0.25, 0.3) is 0 Å². The van der Waals surface area contributed by atoms with Crippen molar-refractivity contribution in [1.82, 2.24) is 31.5 Å². The number of nitrogens with one attached hydrogen (secondary N) is 5. The van der Waals surface area contributed by atoms with Gasteiger partial charge in [0.05, 0.1) is 44.3 Å². The predicted octanol–water partition coefficient (Wildman–Crippen LogP) is 2.92. The Bertz CT molecular complexity index is 936. The minimum absolute atomic E-state index is 0.0100. The first kappa shape index (κ1) is 42.1. The van der Waals surface area contributed by atoms with E-state index in [-0.39, 0.29) is 23.3 Å². The van der Waals surface area contributed by atoms with E-state index >= 15 is 0 Å². The lowest BCUT2D eigenvalue weighted by Gasteiger charge is -2.31. The van der Waals surface area contributed by atoms with E-state index in [2.05, 4.69) is 65.9 Å². The van der Waals surface area contributed by atoms with E-state index in [0.717, 1.165) is 63.1 Å². The fraction of sp³-hybridized carbons (Fsp3) is 0.857. The summed E-state index contributed by atoms with van der Waals surface area (Å²) in [4.78, 5) is 38.4. The van der Waals surface area contributed by atoms with Gasteiger partial charge < -0.3 is 45.7 Å². The summed E-state index contributed by atoms with van der Waals surface area (Å²) in [5.41, 5.74) is 0.162. The van der Waals surface area contributed by atoms with Crippen LogP contribution in [-0.4, -0.2) is 124 Å². The number of ether oxygens (including phenoxy) is 3. The molecule has 278 valence electrons. The molecule has 0 spiro atoms. The molecule has 5 N–H and O–H groups in total. The smallest absolute Gasteiger partial charge is 0.220 e. The molecule has 2 aliphatic rings. The van der Waals surface area contributed by atoms with Crippen molar-refractivity contribution in [3.8, 4) is 0 Å². The molecule has 3 atom stereocenters. The molecule has 2 aliphatic heterocycles. The van der Waals surface area contributed by atoms with E-state index < -0.39 is 0 Å². The van der Waals surface area contributed by atoms with Crippen molar-refractivity contribution < 1.29 is 28.6 Å². The van der Waals surface area contributed by atoms with E-state index in [9.17, 15) is 14.4 Å². The standard InChI is InChI=1S/C35H66N6O6S/c1-28-39-29-27-48-30(34(29)40-28)13-6-7-14-31(42)37-18-11-21-45-23-25-47-26-24-46-22-12-19-38-33(44)16-10-15-32(43)36-17-8-9-20-41(5)35(2,3)4/h29-30,34,39-40H,1,6-27H2,2-5H3,(H,36,43)(H,37,42)(H,38,44)/t29-,30-,34-/m0/s1. The van der Waals surface area contributed by atoms with Crippen LogP contribution < -0.4 is 26.6 Å². The van der Waals surface area contributed by atoms with Crippen LogP contribution >= 0.6 is 11.8 Å². The highest BCUT2D eigenvalue weighted by molar-refractivity contribution is 8.00.